The maximum atomic E-state index is 12.3. The zero-order chi connectivity index (χ0) is 18.0. The minimum Gasteiger partial charge on any atom is -0.493 e. The average Bonchev–Trinajstić information content (AvgIpc) is 2.96. The molecular formula is C17H24N3O3S. The molecule has 0 aliphatic heterocycles. The molecule has 24 heavy (non-hydrogen) atoms. The Balaban J connectivity index is 1.95. The third-order valence-corrected chi connectivity index (χ3v) is 5.19. The van der Waals surface area contributed by atoms with Crippen LogP contribution in [0.4, 0.5) is 0 Å². The van der Waals surface area contributed by atoms with E-state index < -0.39 is 9.84 Å². The Morgan fingerprint density at radius 1 is 1.17 bits per heavy atom. The Bertz CT molecular complexity index is 784. The number of rotatable bonds is 6. The van der Waals surface area contributed by atoms with Crippen molar-refractivity contribution in [3.05, 3.63) is 35.2 Å². The van der Waals surface area contributed by atoms with Gasteiger partial charge >= 0.3 is 0 Å². The van der Waals surface area contributed by atoms with Crippen molar-refractivity contribution in [3.63, 3.8) is 0 Å². The smallest absolute Gasteiger partial charge is 0.247 e. The van der Waals surface area contributed by atoms with Gasteiger partial charge in [-0.05, 0) is 49.6 Å². The highest BCUT2D eigenvalue weighted by Gasteiger charge is 2.24. The summed E-state index contributed by atoms with van der Waals surface area (Å²) in [4.78, 5) is 2.82. The lowest BCUT2D eigenvalue weighted by molar-refractivity contribution is 0.313. The number of sulfone groups is 1. The van der Waals surface area contributed by atoms with Crippen LogP contribution in [0, 0.1) is 19.9 Å². The van der Waals surface area contributed by atoms with E-state index in [0.29, 0.717) is 18.9 Å². The number of aryl methyl sites for hydroxylation is 2. The van der Waals surface area contributed by atoms with Gasteiger partial charge in [-0.1, -0.05) is 20.8 Å². The molecule has 0 bridgehead atoms. The van der Waals surface area contributed by atoms with Crippen molar-refractivity contribution in [2.45, 2.75) is 51.6 Å². The largest absolute Gasteiger partial charge is 0.493 e. The molecule has 1 radical (unpaired) electrons. The van der Waals surface area contributed by atoms with Gasteiger partial charge in [0.1, 0.15) is 11.6 Å². The summed E-state index contributed by atoms with van der Waals surface area (Å²) in [6, 6.07) is 6.72. The van der Waals surface area contributed by atoms with Crippen LogP contribution in [-0.2, 0) is 15.3 Å². The molecule has 0 atom stereocenters. The van der Waals surface area contributed by atoms with Crippen LogP contribution in [0.15, 0.2) is 17.3 Å². The van der Waals surface area contributed by atoms with E-state index in [1.54, 1.807) is 0 Å². The van der Waals surface area contributed by atoms with Crippen molar-refractivity contribution in [3.8, 4) is 5.75 Å². The van der Waals surface area contributed by atoms with Crippen LogP contribution >= 0.6 is 0 Å². The predicted octanol–water partition coefficient (Wildman–Crippen LogP) is 2.76. The van der Waals surface area contributed by atoms with Crippen LogP contribution in [0.25, 0.3) is 0 Å². The van der Waals surface area contributed by atoms with Crippen LogP contribution < -0.4 is 4.74 Å². The van der Waals surface area contributed by atoms with E-state index in [9.17, 15) is 8.42 Å². The average molecular weight is 350 g/mol. The highest BCUT2D eigenvalue weighted by molar-refractivity contribution is 7.91. The van der Waals surface area contributed by atoms with Crippen molar-refractivity contribution in [2.24, 2.45) is 0 Å². The highest BCUT2D eigenvalue weighted by Crippen LogP contribution is 2.22. The van der Waals surface area contributed by atoms with Gasteiger partial charge < -0.3 is 9.72 Å². The lowest BCUT2D eigenvalue weighted by Crippen LogP contribution is -2.15. The van der Waals surface area contributed by atoms with Gasteiger partial charge in [0.15, 0.2) is 0 Å². The molecule has 0 fully saturated rings. The molecule has 0 amide bonds. The molecule has 1 aromatic heterocycles. The van der Waals surface area contributed by atoms with E-state index in [-0.39, 0.29) is 16.3 Å². The SMILES string of the molecule is Cc1c[c]cc(C)c1OCCCS(=O)(=O)c1nnc(C(C)(C)C)[nH]1. The summed E-state index contributed by atoms with van der Waals surface area (Å²) in [5.74, 6) is 1.31. The molecule has 2 aromatic rings. The summed E-state index contributed by atoms with van der Waals surface area (Å²) in [7, 11) is -3.49. The third-order valence-electron chi connectivity index (χ3n) is 3.59. The second-order valence-corrected chi connectivity index (χ2v) is 8.92. The lowest BCUT2D eigenvalue weighted by atomic mass is 9.96. The first-order chi connectivity index (χ1) is 11.1. The lowest BCUT2D eigenvalue weighted by Gasteiger charge is -2.13. The Morgan fingerprint density at radius 2 is 1.79 bits per heavy atom. The van der Waals surface area contributed by atoms with Gasteiger partial charge in [-0.25, -0.2) is 8.42 Å². The van der Waals surface area contributed by atoms with E-state index in [0.717, 1.165) is 16.9 Å². The van der Waals surface area contributed by atoms with Gasteiger partial charge in [0, 0.05) is 5.41 Å². The zero-order valence-corrected chi connectivity index (χ0v) is 15.6. The normalized spacial score (nSPS) is 12.4. The Hall–Kier alpha value is -1.89. The van der Waals surface area contributed by atoms with Crippen LogP contribution in [0.5, 0.6) is 5.75 Å². The molecule has 0 aliphatic carbocycles. The van der Waals surface area contributed by atoms with Crippen molar-refractivity contribution in [1.82, 2.24) is 15.2 Å². The van der Waals surface area contributed by atoms with Gasteiger partial charge in [0.2, 0.25) is 15.0 Å². The number of benzene rings is 1. The summed E-state index contributed by atoms with van der Waals surface area (Å²) in [5.41, 5.74) is 1.70. The third kappa shape index (κ3) is 4.35. The van der Waals surface area contributed by atoms with Crippen LogP contribution in [0.1, 0.15) is 44.1 Å². The Labute approximate surface area is 143 Å². The number of aromatic nitrogens is 3. The predicted molar refractivity (Wildman–Crippen MR) is 92.0 cm³/mol. The van der Waals surface area contributed by atoms with E-state index in [1.165, 1.54) is 0 Å². The van der Waals surface area contributed by atoms with Crippen molar-refractivity contribution >= 4 is 9.84 Å². The quantitative estimate of drug-likeness (QED) is 0.810. The maximum absolute atomic E-state index is 12.3. The molecule has 6 nitrogen and oxygen atoms in total. The van der Waals surface area contributed by atoms with E-state index >= 15 is 0 Å². The molecule has 131 valence electrons. The minimum atomic E-state index is -3.49. The van der Waals surface area contributed by atoms with Gasteiger partial charge in [-0.15, -0.1) is 10.2 Å². The molecule has 0 saturated heterocycles. The topological polar surface area (TPSA) is 84.9 Å². The second-order valence-electron chi connectivity index (χ2n) is 6.90. The first kappa shape index (κ1) is 18.4. The summed E-state index contributed by atoms with van der Waals surface area (Å²) in [6.45, 7) is 10.0. The van der Waals surface area contributed by atoms with Crippen molar-refractivity contribution in [1.29, 1.82) is 0 Å². The highest BCUT2D eigenvalue weighted by atomic mass is 32.2. The number of aromatic amines is 1. The molecule has 1 heterocycles. The first-order valence-corrected chi connectivity index (χ1v) is 9.52. The molecule has 0 aliphatic rings. The summed E-state index contributed by atoms with van der Waals surface area (Å²) in [5, 5.41) is 7.64. The van der Waals surface area contributed by atoms with Gasteiger partial charge in [0.05, 0.1) is 12.4 Å². The molecule has 0 spiro atoms. The van der Waals surface area contributed by atoms with Gasteiger partial charge in [-0.3, -0.25) is 0 Å². The summed E-state index contributed by atoms with van der Waals surface area (Å²) in [6.07, 6.45) is 0.380. The molecule has 0 saturated carbocycles. The Morgan fingerprint density at radius 3 is 2.33 bits per heavy atom. The molecule has 2 rings (SSSR count). The van der Waals surface area contributed by atoms with Crippen LogP contribution in [0.3, 0.4) is 0 Å². The number of hydrogen-bond donors (Lipinski definition) is 1. The fourth-order valence-corrected chi connectivity index (χ4v) is 3.31. The van der Waals surface area contributed by atoms with E-state index in [2.05, 4.69) is 21.2 Å². The van der Waals surface area contributed by atoms with Crippen molar-refractivity contribution < 1.29 is 13.2 Å². The Kier molecular flexibility index (Phi) is 5.32. The molecular weight excluding hydrogens is 326 g/mol. The van der Waals surface area contributed by atoms with Gasteiger partial charge in [-0.2, -0.15) is 0 Å². The van der Waals surface area contributed by atoms with E-state index in [1.807, 2.05) is 46.8 Å². The number of hydrogen-bond acceptors (Lipinski definition) is 5. The standard InChI is InChI=1S/C17H24N3O3S/c1-12-8-6-9-13(2)14(12)23-10-7-11-24(21,22)16-18-15(19-20-16)17(3,4)5/h8-9H,7,10-11H2,1-5H3,(H,18,19,20). The van der Waals surface area contributed by atoms with E-state index in [4.69, 9.17) is 4.74 Å². The number of H-pyrrole nitrogens is 1. The first-order valence-electron chi connectivity index (χ1n) is 7.87. The fourth-order valence-electron chi connectivity index (χ4n) is 2.21. The summed E-state index contributed by atoms with van der Waals surface area (Å²) < 4.78 is 30.4. The molecule has 1 aromatic carbocycles. The van der Waals surface area contributed by atoms with Crippen LogP contribution in [0.2, 0.25) is 0 Å². The fraction of sp³-hybridized carbons (Fsp3) is 0.529. The number of nitrogens with one attached hydrogen (secondary N) is 1. The van der Waals surface area contributed by atoms with Crippen LogP contribution in [-0.4, -0.2) is 36.0 Å². The number of ether oxygens (including phenoxy) is 1. The molecule has 1 N–H and O–H groups in total. The van der Waals surface area contributed by atoms with Gasteiger partial charge in [0.25, 0.3) is 0 Å². The van der Waals surface area contributed by atoms with Crippen molar-refractivity contribution in [2.75, 3.05) is 12.4 Å². The monoisotopic (exact) mass is 350 g/mol. The zero-order valence-electron chi connectivity index (χ0n) is 14.8. The maximum Gasteiger partial charge on any atom is 0.247 e. The molecule has 7 heteroatoms. The summed E-state index contributed by atoms with van der Waals surface area (Å²) >= 11 is 0. The second kappa shape index (κ2) is 6.93. The minimum absolute atomic E-state index is 0.0389. The molecule has 0 unspecified atom stereocenters. The number of nitrogens with zero attached hydrogens (tertiary/aromatic N) is 2.